The number of aryl methyl sites for hydroxylation is 1. The van der Waals surface area contributed by atoms with Crippen LogP contribution >= 0.6 is 15.9 Å². The van der Waals surface area contributed by atoms with E-state index in [4.69, 9.17) is 5.73 Å². The Labute approximate surface area is 116 Å². The maximum Gasteiger partial charge on any atom is 0.0450 e. The molecule has 0 aliphatic heterocycles. The first kappa shape index (κ1) is 13.2. The molecular formula is C15H17BrN2. The van der Waals surface area contributed by atoms with Crippen molar-refractivity contribution in [3.05, 3.63) is 63.9 Å². The van der Waals surface area contributed by atoms with Crippen molar-refractivity contribution < 1.29 is 0 Å². The number of benzene rings is 1. The second-order valence-electron chi connectivity index (χ2n) is 4.58. The lowest BCUT2D eigenvalue weighted by Crippen LogP contribution is -2.18. The van der Waals surface area contributed by atoms with Gasteiger partial charge in [-0.3, -0.25) is 4.98 Å². The SMILES string of the molecule is Cc1ccc(C(N)C(C)c2ccccn2)cc1Br. The minimum atomic E-state index is -0.0446. The molecule has 2 unspecified atom stereocenters. The van der Waals surface area contributed by atoms with Gasteiger partial charge >= 0.3 is 0 Å². The van der Waals surface area contributed by atoms with Crippen LogP contribution in [0.15, 0.2) is 47.1 Å². The highest BCUT2D eigenvalue weighted by Gasteiger charge is 2.18. The molecule has 0 bridgehead atoms. The lowest BCUT2D eigenvalue weighted by atomic mass is 9.92. The third-order valence-electron chi connectivity index (χ3n) is 3.27. The van der Waals surface area contributed by atoms with E-state index in [2.05, 4.69) is 53.0 Å². The summed E-state index contributed by atoms with van der Waals surface area (Å²) in [4.78, 5) is 4.37. The number of halogens is 1. The van der Waals surface area contributed by atoms with E-state index < -0.39 is 0 Å². The Morgan fingerprint density at radius 1 is 1.22 bits per heavy atom. The van der Waals surface area contributed by atoms with Crippen LogP contribution in [0.4, 0.5) is 0 Å². The minimum absolute atomic E-state index is 0.0446. The third-order valence-corrected chi connectivity index (χ3v) is 4.13. The standard InChI is InChI=1S/C15H17BrN2/c1-10-6-7-12(9-13(10)16)15(17)11(2)14-5-3-4-8-18-14/h3-9,11,15H,17H2,1-2H3. The monoisotopic (exact) mass is 304 g/mol. The molecule has 1 aromatic heterocycles. The van der Waals surface area contributed by atoms with E-state index in [1.807, 2.05) is 24.4 Å². The van der Waals surface area contributed by atoms with Crippen molar-refractivity contribution in [3.63, 3.8) is 0 Å². The molecule has 0 fully saturated rings. The summed E-state index contributed by atoms with van der Waals surface area (Å²) < 4.78 is 1.10. The molecule has 0 amide bonds. The van der Waals surface area contributed by atoms with Gasteiger partial charge in [-0.25, -0.2) is 0 Å². The molecule has 18 heavy (non-hydrogen) atoms. The second-order valence-corrected chi connectivity index (χ2v) is 5.43. The van der Waals surface area contributed by atoms with Gasteiger partial charge in [-0.2, -0.15) is 0 Å². The summed E-state index contributed by atoms with van der Waals surface area (Å²) >= 11 is 3.55. The molecule has 2 nitrogen and oxygen atoms in total. The Kier molecular flexibility index (Phi) is 4.15. The van der Waals surface area contributed by atoms with E-state index in [1.165, 1.54) is 5.56 Å². The topological polar surface area (TPSA) is 38.9 Å². The van der Waals surface area contributed by atoms with Crippen LogP contribution in [0.1, 0.15) is 35.7 Å². The first-order valence-corrected chi connectivity index (χ1v) is 6.81. The highest BCUT2D eigenvalue weighted by Crippen LogP contribution is 2.29. The lowest BCUT2D eigenvalue weighted by Gasteiger charge is -2.20. The van der Waals surface area contributed by atoms with Gasteiger partial charge in [0.15, 0.2) is 0 Å². The molecule has 1 aromatic carbocycles. The minimum Gasteiger partial charge on any atom is -0.323 e. The highest BCUT2D eigenvalue weighted by atomic mass is 79.9. The number of hydrogen-bond acceptors (Lipinski definition) is 2. The zero-order valence-electron chi connectivity index (χ0n) is 10.6. The fourth-order valence-corrected chi connectivity index (χ4v) is 2.33. The van der Waals surface area contributed by atoms with E-state index in [-0.39, 0.29) is 12.0 Å². The van der Waals surface area contributed by atoms with E-state index in [1.54, 1.807) is 0 Å². The summed E-state index contributed by atoms with van der Waals surface area (Å²) in [7, 11) is 0. The maximum atomic E-state index is 6.33. The Morgan fingerprint density at radius 3 is 2.61 bits per heavy atom. The maximum absolute atomic E-state index is 6.33. The fraction of sp³-hybridized carbons (Fsp3) is 0.267. The molecule has 3 heteroatoms. The van der Waals surface area contributed by atoms with Crippen LogP contribution in [0, 0.1) is 6.92 Å². The van der Waals surface area contributed by atoms with Crippen molar-refractivity contribution in [1.82, 2.24) is 4.98 Å². The van der Waals surface area contributed by atoms with E-state index in [0.717, 1.165) is 15.7 Å². The number of rotatable bonds is 3. The first-order chi connectivity index (χ1) is 8.59. The smallest absolute Gasteiger partial charge is 0.0450 e. The van der Waals surface area contributed by atoms with Gasteiger partial charge in [0.1, 0.15) is 0 Å². The predicted octanol–water partition coefficient (Wildman–Crippen LogP) is 3.96. The van der Waals surface area contributed by atoms with Crippen LogP contribution < -0.4 is 5.73 Å². The molecule has 0 saturated carbocycles. The summed E-state index contributed by atoms with van der Waals surface area (Å²) in [5.74, 6) is 0.195. The van der Waals surface area contributed by atoms with Gasteiger partial charge in [0.25, 0.3) is 0 Å². The zero-order valence-corrected chi connectivity index (χ0v) is 12.2. The van der Waals surface area contributed by atoms with Gasteiger partial charge in [0, 0.05) is 28.3 Å². The van der Waals surface area contributed by atoms with Crippen LogP contribution in [0.3, 0.4) is 0 Å². The molecule has 0 aliphatic rings. The Hall–Kier alpha value is -1.19. The molecule has 0 aliphatic carbocycles. The molecule has 0 spiro atoms. The predicted molar refractivity (Wildman–Crippen MR) is 78.5 cm³/mol. The third kappa shape index (κ3) is 2.79. The quantitative estimate of drug-likeness (QED) is 0.932. The van der Waals surface area contributed by atoms with E-state index >= 15 is 0 Å². The normalized spacial score (nSPS) is 14.2. The summed E-state index contributed by atoms with van der Waals surface area (Å²) in [6.07, 6.45) is 1.81. The van der Waals surface area contributed by atoms with E-state index in [9.17, 15) is 0 Å². The van der Waals surface area contributed by atoms with Crippen molar-refractivity contribution in [2.24, 2.45) is 5.73 Å². The Morgan fingerprint density at radius 2 is 2.00 bits per heavy atom. The van der Waals surface area contributed by atoms with Crippen molar-refractivity contribution in [2.45, 2.75) is 25.8 Å². The van der Waals surface area contributed by atoms with Crippen molar-refractivity contribution in [3.8, 4) is 0 Å². The molecule has 2 N–H and O–H groups in total. The molecule has 0 saturated heterocycles. The molecule has 2 atom stereocenters. The van der Waals surface area contributed by atoms with Gasteiger partial charge in [-0.05, 0) is 36.2 Å². The summed E-state index contributed by atoms with van der Waals surface area (Å²) in [5, 5.41) is 0. The summed E-state index contributed by atoms with van der Waals surface area (Å²) in [6, 6.07) is 12.2. The first-order valence-electron chi connectivity index (χ1n) is 6.02. The Bertz CT molecular complexity index is 525. The second kappa shape index (κ2) is 5.63. The van der Waals surface area contributed by atoms with Gasteiger partial charge in [-0.1, -0.05) is 41.1 Å². The van der Waals surface area contributed by atoms with Gasteiger partial charge in [-0.15, -0.1) is 0 Å². The van der Waals surface area contributed by atoms with Crippen molar-refractivity contribution in [1.29, 1.82) is 0 Å². The molecule has 2 rings (SSSR count). The number of nitrogens with zero attached hydrogens (tertiary/aromatic N) is 1. The van der Waals surface area contributed by atoms with Gasteiger partial charge in [0.05, 0.1) is 0 Å². The number of nitrogens with two attached hydrogens (primary N) is 1. The van der Waals surface area contributed by atoms with Crippen molar-refractivity contribution in [2.75, 3.05) is 0 Å². The molecule has 94 valence electrons. The summed E-state index contributed by atoms with van der Waals surface area (Å²) in [5.41, 5.74) is 9.71. The molecule has 1 heterocycles. The van der Waals surface area contributed by atoms with Crippen LogP contribution in [-0.4, -0.2) is 4.98 Å². The molecular weight excluding hydrogens is 288 g/mol. The number of hydrogen-bond donors (Lipinski definition) is 1. The van der Waals surface area contributed by atoms with E-state index in [0.29, 0.717) is 0 Å². The van der Waals surface area contributed by atoms with Crippen LogP contribution in [0.5, 0.6) is 0 Å². The largest absolute Gasteiger partial charge is 0.323 e. The highest BCUT2D eigenvalue weighted by molar-refractivity contribution is 9.10. The molecule has 0 radical (unpaired) electrons. The van der Waals surface area contributed by atoms with Gasteiger partial charge in [0.2, 0.25) is 0 Å². The summed E-state index contributed by atoms with van der Waals surface area (Å²) in [6.45, 7) is 4.18. The Balaban J connectivity index is 2.25. The zero-order chi connectivity index (χ0) is 13.1. The lowest BCUT2D eigenvalue weighted by molar-refractivity contribution is 0.583. The molecule has 2 aromatic rings. The average molecular weight is 305 g/mol. The van der Waals surface area contributed by atoms with Crippen LogP contribution in [0.2, 0.25) is 0 Å². The number of pyridine rings is 1. The number of aromatic nitrogens is 1. The van der Waals surface area contributed by atoms with Crippen molar-refractivity contribution >= 4 is 15.9 Å². The van der Waals surface area contributed by atoms with Crippen LogP contribution in [-0.2, 0) is 0 Å². The fourth-order valence-electron chi connectivity index (χ4n) is 1.93. The average Bonchev–Trinajstić information content (AvgIpc) is 2.41. The van der Waals surface area contributed by atoms with Gasteiger partial charge < -0.3 is 5.73 Å². The van der Waals surface area contributed by atoms with Crippen LogP contribution in [0.25, 0.3) is 0 Å².